The zero-order valence-corrected chi connectivity index (χ0v) is 11.1. The molecule has 2 aromatic rings. The minimum Gasteiger partial charge on any atom is -0.311 e. The maximum absolute atomic E-state index is 11.9. The second kappa shape index (κ2) is 5.02. The summed E-state index contributed by atoms with van der Waals surface area (Å²) in [5.41, 5.74) is -0.458. The van der Waals surface area contributed by atoms with E-state index in [2.05, 4.69) is 20.6 Å². The Kier molecular flexibility index (Phi) is 3.20. The molecule has 1 aliphatic rings. The van der Waals surface area contributed by atoms with Gasteiger partial charge in [-0.25, -0.2) is 9.78 Å². The van der Waals surface area contributed by atoms with Gasteiger partial charge < -0.3 is 10.3 Å². The fourth-order valence-electron chi connectivity index (χ4n) is 1.93. The number of carbonyl (C=O) groups is 1. The summed E-state index contributed by atoms with van der Waals surface area (Å²) in [6.07, 6.45) is 0.823. The van der Waals surface area contributed by atoms with Crippen molar-refractivity contribution in [1.29, 1.82) is 0 Å². The van der Waals surface area contributed by atoms with Crippen LogP contribution in [-0.4, -0.2) is 27.4 Å². The number of nitrogens with one attached hydrogen (secondary N) is 4. The van der Waals surface area contributed by atoms with Gasteiger partial charge in [0.05, 0.1) is 5.69 Å². The molecule has 8 nitrogen and oxygen atoms in total. The van der Waals surface area contributed by atoms with E-state index < -0.39 is 17.2 Å². The predicted molar refractivity (Wildman–Crippen MR) is 73.2 cm³/mol. The number of anilines is 1. The number of rotatable bonds is 2. The van der Waals surface area contributed by atoms with Gasteiger partial charge in [-0.05, 0) is 0 Å². The van der Waals surface area contributed by atoms with E-state index in [9.17, 15) is 14.4 Å². The van der Waals surface area contributed by atoms with Crippen LogP contribution in [0.4, 0.5) is 5.13 Å². The third kappa shape index (κ3) is 2.53. The summed E-state index contributed by atoms with van der Waals surface area (Å²) in [4.78, 5) is 43.9. The second-order valence-electron chi connectivity index (χ2n) is 4.27. The summed E-state index contributed by atoms with van der Waals surface area (Å²) in [5.74, 6) is -0.563. The number of amides is 1. The summed E-state index contributed by atoms with van der Waals surface area (Å²) < 4.78 is 0. The topological polar surface area (TPSA) is 120 Å². The molecule has 0 radical (unpaired) electrons. The van der Waals surface area contributed by atoms with Crippen LogP contribution in [0, 0.1) is 0 Å². The number of aromatic nitrogens is 3. The van der Waals surface area contributed by atoms with E-state index in [0.29, 0.717) is 5.13 Å². The average molecular weight is 293 g/mol. The van der Waals surface area contributed by atoms with Crippen molar-refractivity contribution in [3.8, 4) is 0 Å². The highest BCUT2D eigenvalue weighted by molar-refractivity contribution is 7.15. The molecule has 2 aromatic heterocycles. The molecule has 1 amide bonds. The van der Waals surface area contributed by atoms with Crippen molar-refractivity contribution >= 4 is 22.4 Å². The molecule has 104 valence electrons. The smallest absolute Gasteiger partial charge is 0.311 e. The third-order valence-corrected chi connectivity index (χ3v) is 3.84. The first-order valence-corrected chi connectivity index (χ1v) is 6.78. The van der Waals surface area contributed by atoms with Crippen molar-refractivity contribution < 1.29 is 4.79 Å². The number of hydrogen-bond acceptors (Lipinski definition) is 6. The van der Waals surface area contributed by atoms with E-state index in [0.717, 1.165) is 36.1 Å². The van der Waals surface area contributed by atoms with E-state index in [1.165, 1.54) is 11.3 Å². The van der Waals surface area contributed by atoms with Crippen LogP contribution in [0.15, 0.2) is 15.7 Å². The summed E-state index contributed by atoms with van der Waals surface area (Å²) in [5, 5.41) is 6.27. The number of hydrogen-bond donors (Lipinski definition) is 4. The van der Waals surface area contributed by atoms with E-state index in [1.54, 1.807) is 0 Å². The largest absolute Gasteiger partial charge is 0.326 e. The molecule has 20 heavy (non-hydrogen) atoms. The van der Waals surface area contributed by atoms with Gasteiger partial charge in [0, 0.05) is 30.5 Å². The van der Waals surface area contributed by atoms with E-state index in [1.807, 2.05) is 4.98 Å². The van der Waals surface area contributed by atoms with E-state index in [4.69, 9.17) is 0 Å². The Morgan fingerprint density at radius 3 is 2.95 bits per heavy atom. The Hall–Kier alpha value is -2.26. The lowest BCUT2D eigenvalue weighted by molar-refractivity contribution is 0.102. The lowest BCUT2D eigenvalue weighted by Gasteiger charge is -2.09. The van der Waals surface area contributed by atoms with Gasteiger partial charge in [-0.3, -0.25) is 19.9 Å². The van der Waals surface area contributed by atoms with Crippen LogP contribution in [0.2, 0.25) is 0 Å². The third-order valence-electron chi connectivity index (χ3n) is 2.83. The number of H-pyrrole nitrogens is 2. The number of aromatic amines is 2. The highest BCUT2D eigenvalue weighted by Crippen LogP contribution is 2.25. The first kappa shape index (κ1) is 12.8. The molecule has 0 saturated heterocycles. The maximum Gasteiger partial charge on any atom is 0.326 e. The van der Waals surface area contributed by atoms with Crippen LogP contribution in [0.5, 0.6) is 0 Å². The van der Waals surface area contributed by atoms with Crippen molar-refractivity contribution in [2.75, 3.05) is 11.9 Å². The van der Waals surface area contributed by atoms with Crippen LogP contribution < -0.4 is 21.9 Å². The average Bonchev–Trinajstić information content (AvgIpc) is 2.79. The Balaban J connectivity index is 1.83. The first-order chi connectivity index (χ1) is 9.61. The normalized spacial score (nSPS) is 13.8. The highest BCUT2D eigenvalue weighted by Gasteiger charge is 2.17. The standard InChI is InChI=1S/C11H11N5O3S/c17-8-3-6(13-10(19)15-8)9(18)16-11-14-5-1-2-12-4-7(5)20-11/h3,12H,1-2,4H2,(H,14,16,18)(H2,13,15,17,19). The minimum atomic E-state index is -0.717. The zero-order valence-electron chi connectivity index (χ0n) is 10.3. The van der Waals surface area contributed by atoms with Crippen molar-refractivity contribution in [3.63, 3.8) is 0 Å². The first-order valence-electron chi connectivity index (χ1n) is 5.96. The Bertz CT molecular complexity index is 723. The monoisotopic (exact) mass is 293 g/mol. The van der Waals surface area contributed by atoms with Crippen molar-refractivity contribution in [3.05, 3.63) is 43.2 Å². The van der Waals surface area contributed by atoms with Gasteiger partial charge in [-0.1, -0.05) is 0 Å². The quantitative estimate of drug-likeness (QED) is 0.590. The highest BCUT2D eigenvalue weighted by atomic mass is 32.1. The van der Waals surface area contributed by atoms with E-state index >= 15 is 0 Å². The molecule has 0 bridgehead atoms. The Morgan fingerprint density at radius 2 is 2.20 bits per heavy atom. The number of fused-ring (bicyclic) bond motifs is 1. The molecule has 0 atom stereocenters. The van der Waals surface area contributed by atoms with Gasteiger partial charge in [-0.15, -0.1) is 11.3 Å². The molecular weight excluding hydrogens is 282 g/mol. The summed E-state index contributed by atoms with van der Waals surface area (Å²) in [7, 11) is 0. The molecule has 4 N–H and O–H groups in total. The predicted octanol–water partition coefficient (Wildman–Crippen LogP) is -0.582. The minimum absolute atomic E-state index is 0.0925. The van der Waals surface area contributed by atoms with Crippen LogP contribution in [0.1, 0.15) is 21.1 Å². The van der Waals surface area contributed by atoms with Gasteiger partial charge in [0.25, 0.3) is 11.5 Å². The second-order valence-corrected chi connectivity index (χ2v) is 5.35. The van der Waals surface area contributed by atoms with Crippen LogP contribution in [0.25, 0.3) is 0 Å². The zero-order chi connectivity index (χ0) is 14.1. The fourth-order valence-corrected chi connectivity index (χ4v) is 2.91. The number of nitrogens with zero attached hydrogens (tertiary/aromatic N) is 1. The van der Waals surface area contributed by atoms with Gasteiger partial charge in [-0.2, -0.15) is 0 Å². The van der Waals surface area contributed by atoms with Gasteiger partial charge >= 0.3 is 5.69 Å². The van der Waals surface area contributed by atoms with Crippen LogP contribution in [0.3, 0.4) is 0 Å². The fraction of sp³-hybridized carbons (Fsp3) is 0.273. The summed E-state index contributed by atoms with van der Waals surface area (Å²) >= 11 is 1.38. The molecular formula is C11H11N5O3S. The van der Waals surface area contributed by atoms with Crippen molar-refractivity contribution in [2.45, 2.75) is 13.0 Å². The number of carbonyl (C=O) groups excluding carboxylic acids is 1. The molecule has 0 aromatic carbocycles. The number of thiazole rings is 1. The molecule has 3 heterocycles. The van der Waals surface area contributed by atoms with Gasteiger partial charge in [0.2, 0.25) is 0 Å². The lowest BCUT2D eigenvalue weighted by atomic mass is 10.2. The summed E-state index contributed by atoms with van der Waals surface area (Å²) in [6.45, 7) is 1.61. The molecule has 0 fully saturated rings. The lowest BCUT2D eigenvalue weighted by Crippen LogP contribution is -2.27. The maximum atomic E-state index is 11.9. The Morgan fingerprint density at radius 1 is 1.35 bits per heavy atom. The van der Waals surface area contributed by atoms with Crippen LogP contribution >= 0.6 is 11.3 Å². The SMILES string of the molecule is O=C(Nc1nc2c(s1)CNCC2)c1cc(=O)[nH]c(=O)[nH]1. The molecule has 0 unspecified atom stereocenters. The summed E-state index contributed by atoms with van der Waals surface area (Å²) in [6, 6.07) is 1.03. The van der Waals surface area contributed by atoms with Crippen molar-refractivity contribution in [1.82, 2.24) is 20.3 Å². The molecule has 0 spiro atoms. The van der Waals surface area contributed by atoms with E-state index in [-0.39, 0.29) is 5.69 Å². The molecule has 3 rings (SSSR count). The van der Waals surface area contributed by atoms with Crippen LogP contribution in [-0.2, 0) is 13.0 Å². The van der Waals surface area contributed by atoms with Crippen molar-refractivity contribution in [2.24, 2.45) is 0 Å². The van der Waals surface area contributed by atoms with Gasteiger partial charge in [0.1, 0.15) is 5.69 Å². The molecule has 1 aliphatic heterocycles. The molecule has 9 heteroatoms. The van der Waals surface area contributed by atoms with Gasteiger partial charge in [0.15, 0.2) is 5.13 Å². The Labute approximate surface area is 116 Å². The molecule has 0 saturated carbocycles. The molecule has 0 aliphatic carbocycles.